The Bertz CT molecular complexity index is 266. The number of hydrogen-bond acceptors (Lipinski definition) is 4. The predicted molar refractivity (Wildman–Crippen MR) is 63.6 cm³/mol. The highest BCUT2D eigenvalue weighted by Crippen LogP contribution is 2.42. The normalized spacial score (nSPS) is 30.9. The average molecular weight is 229 g/mol. The van der Waals surface area contributed by atoms with Gasteiger partial charge in [-0.1, -0.05) is 19.0 Å². The molecule has 1 fully saturated rings. The quantitative estimate of drug-likeness (QED) is 0.283. The maximum atomic E-state index is 8.49. The molecule has 5 nitrogen and oxygen atoms in total. The third kappa shape index (κ3) is 2.65. The molecule has 1 aliphatic rings. The van der Waals surface area contributed by atoms with Crippen molar-refractivity contribution in [2.75, 3.05) is 7.11 Å². The number of oxime groups is 1. The fourth-order valence-electron chi connectivity index (χ4n) is 2.33. The van der Waals surface area contributed by atoms with Crippen LogP contribution in [0.4, 0.5) is 0 Å². The van der Waals surface area contributed by atoms with Gasteiger partial charge in [0.15, 0.2) is 0 Å². The molecule has 94 valence electrons. The molecule has 16 heavy (non-hydrogen) atoms. The van der Waals surface area contributed by atoms with Gasteiger partial charge >= 0.3 is 0 Å². The van der Waals surface area contributed by atoms with E-state index in [0.29, 0.717) is 18.6 Å². The van der Waals surface area contributed by atoms with E-state index < -0.39 is 0 Å². The smallest absolute Gasteiger partial charge is 0.140 e. The molecule has 3 unspecified atom stereocenters. The lowest BCUT2D eigenvalue weighted by atomic mass is 9.64. The van der Waals surface area contributed by atoms with Crippen LogP contribution in [-0.4, -0.2) is 36.3 Å². The largest absolute Gasteiger partial charge is 0.409 e. The van der Waals surface area contributed by atoms with Crippen molar-refractivity contribution in [3.8, 4) is 0 Å². The molecule has 0 aromatic heterocycles. The number of amidine groups is 1. The summed E-state index contributed by atoms with van der Waals surface area (Å²) in [4.78, 5) is 0. The van der Waals surface area contributed by atoms with E-state index in [1.165, 1.54) is 0 Å². The maximum Gasteiger partial charge on any atom is 0.140 e. The van der Waals surface area contributed by atoms with Gasteiger partial charge in [-0.05, 0) is 13.3 Å². The van der Waals surface area contributed by atoms with Gasteiger partial charge in [-0.15, -0.1) is 0 Å². The molecule has 0 radical (unpaired) electrons. The number of rotatable bonds is 5. The average Bonchev–Trinajstić information content (AvgIpc) is 2.23. The van der Waals surface area contributed by atoms with E-state index in [0.717, 1.165) is 6.42 Å². The lowest BCUT2D eigenvalue weighted by molar-refractivity contribution is -0.0995. The van der Waals surface area contributed by atoms with Gasteiger partial charge in [0.1, 0.15) is 5.84 Å². The van der Waals surface area contributed by atoms with Crippen molar-refractivity contribution in [2.24, 2.45) is 16.3 Å². The fourth-order valence-corrected chi connectivity index (χ4v) is 2.33. The zero-order chi connectivity index (χ0) is 12.3. The number of nitrogens with one attached hydrogen (secondary N) is 1. The molecule has 0 bridgehead atoms. The highest BCUT2D eigenvalue weighted by atomic mass is 16.5. The third-order valence-electron chi connectivity index (χ3n) is 3.59. The van der Waals surface area contributed by atoms with E-state index >= 15 is 0 Å². The van der Waals surface area contributed by atoms with Crippen LogP contribution in [0.3, 0.4) is 0 Å². The van der Waals surface area contributed by atoms with Crippen molar-refractivity contribution in [1.82, 2.24) is 5.32 Å². The summed E-state index contributed by atoms with van der Waals surface area (Å²) in [6, 6.07) is 0.636. The Balaban J connectivity index is 2.40. The Hall–Kier alpha value is -0.810. The van der Waals surface area contributed by atoms with Gasteiger partial charge in [0.25, 0.3) is 0 Å². The summed E-state index contributed by atoms with van der Waals surface area (Å²) in [6.07, 6.45) is 1.89. The Morgan fingerprint density at radius 1 is 1.69 bits per heavy atom. The van der Waals surface area contributed by atoms with Gasteiger partial charge in [0.05, 0.1) is 6.10 Å². The van der Waals surface area contributed by atoms with Crippen LogP contribution in [0.2, 0.25) is 0 Å². The highest BCUT2D eigenvalue weighted by molar-refractivity contribution is 5.80. The summed E-state index contributed by atoms with van der Waals surface area (Å²) >= 11 is 0. The second-order valence-corrected chi connectivity index (χ2v) is 5.20. The molecular weight excluding hydrogens is 206 g/mol. The van der Waals surface area contributed by atoms with Gasteiger partial charge < -0.3 is 21.0 Å². The molecule has 0 amide bonds. The molecule has 3 atom stereocenters. The molecule has 4 N–H and O–H groups in total. The second-order valence-electron chi connectivity index (χ2n) is 5.20. The standard InChI is InChI=1S/C11H23N3O2/c1-7(5-10(12)14-15)13-8-6-9(16-4)11(8,2)3/h7-9,13,15H,5-6H2,1-4H3,(H2,12,14). The molecule has 0 aromatic rings. The van der Waals surface area contributed by atoms with Crippen molar-refractivity contribution in [3.63, 3.8) is 0 Å². The summed E-state index contributed by atoms with van der Waals surface area (Å²) in [5, 5.41) is 14.9. The summed E-state index contributed by atoms with van der Waals surface area (Å²) in [5.41, 5.74) is 5.61. The highest BCUT2D eigenvalue weighted by Gasteiger charge is 2.48. The van der Waals surface area contributed by atoms with E-state index in [-0.39, 0.29) is 17.3 Å². The van der Waals surface area contributed by atoms with Gasteiger partial charge in [-0.2, -0.15) is 0 Å². The number of hydrogen-bond donors (Lipinski definition) is 3. The molecule has 0 spiro atoms. The Kier molecular flexibility index (Phi) is 4.15. The molecule has 0 aromatic carbocycles. The van der Waals surface area contributed by atoms with E-state index in [1.54, 1.807) is 7.11 Å². The van der Waals surface area contributed by atoms with E-state index in [1.807, 2.05) is 6.92 Å². The minimum Gasteiger partial charge on any atom is -0.409 e. The first kappa shape index (κ1) is 13.3. The third-order valence-corrected chi connectivity index (χ3v) is 3.59. The van der Waals surface area contributed by atoms with Gasteiger partial charge in [0, 0.05) is 31.0 Å². The predicted octanol–water partition coefficient (Wildman–Crippen LogP) is 0.915. The number of nitrogens with zero attached hydrogens (tertiary/aromatic N) is 1. The van der Waals surface area contributed by atoms with Crippen molar-refractivity contribution in [3.05, 3.63) is 0 Å². The minimum absolute atomic E-state index is 0.147. The number of nitrogens with two attached hydrogens (primary N) is 1. The summed E-state index contributed by atoms with van der Waals surface area (Å²) in [6.45, 7) is 6.42. The zero-order valence-electron chi connectivity index (χ0n) is 10.5. The van der Waals surface area contributed by atoms with E-state index in [9.17, 15) is 0 Å². The fraction of sp³-hybridized carbons (Fsp3) is 0.909. The molecule has 0 aliphatic heterocycles. The first-order valence-electron chi connectivity index (χ1n) is 5.67. The Morgan fingerprint density at radius 3 is 2.75 bits per heavy atom. The summed E-state index contributed by atoms with van der Waals surface area (Å²) < 4.78 is 5.39. The number of ether oxygens (including phenoxy) is 1. The van der Waals surface area contributed by atoms with Crippen LogP contribution in [0.1, 0.15) is 33.6 Å². The van der Waals surface area contributed by atoms with Crippen LogP contribution < -0.4 is 11.1 Å². The SMILES string of the molecule is COC1CC(NC(C)CC(N)=NO)C1(C)C. The van der Waals surface area contributed by atoms with Crippen LogP contribution in [0.5, 0.6) is 0 Å². The summed E-state index contributed by atoms with van der Waals surface area (Å²) in [7, 11) is 1.75. The van der Waals surface area contributed by atoms with Crippen molar-refractivity contribution >= 4 is 5.84 Å². The molecule has 1 saturated carbocycles. The molecule has 1 aliphatic carbocycles. The van der Waals surface area contributed by atoms with Gasteiger partial charge in [-0.3, -0.25) is 0 Å². The first-order valence-corrected chi connectivity index (χ1v) is 5.67. The maximum absolute atomic E-state index is 8.49. The second kappa shape index (κ2) is 5.01. The van der Waals surface area contributed by atoms with Crippen molar-refractivity contribution < 1.29 is 9.94 Å². The summed E-state index contributed by atoms with van der Waals surface area (Å²) in [5.74, 6) is 0.264. The lowest BCUT2D eigenvalue weighted by Crippen LogP contribution is -2.62. The van der Waals surface area contributed by atoms with Crippen LogP contribution in [0, 0.1) is 5.41 Å². The molecule has 5 heteroatoms. The van der Waals surface area contributed by atoms with Crippen LogP contribution >= 0.6 is 0 Å². The zero-order valence-corrected chi connectivity index (χ0v) is 10.5. The minimum atomic E-state index is 0.147. The van der Waals surface area contributed by atoms with E-state index in [4.69, 9.17) is 15.7 Å². The lowest BCUT2D eigenvalue weighted by Gasteiger charge is -2.52. The number of methoxy groups -OCH3 is 1. The van der Waals surface area contributed by atoms with Crippen LogP contribution in [0.25, 0.3) is 0 Å². The Morgan fingerprint density at radius 2 is 2.31 bits per heavy atom. The molecule has 1 rings (SSSR count). The first-order chi connectivity index (χ1) is 7.41. The van der Waals surface area contributed by atoms with Crippen molar-refractivity contribution in [2.45, 2.75) is 51.8 Å². The molecular formula is C11H23N3O2. The monoisotopic (exact) mass is 229 g/mol. The topological polar surface area (TPSA) is 79.9 Å². The van der Waals surface area contributed by atoms with E-state index in [2.05, 4.69) is 24.3 Å². The molecule has 0 heterocycles. The Labute approximate surface area is 97.0 Å². The van der Waals surface area contributed by atoms with Crippen LogP contribution in [-0.2, 0) is 4.74 Å². The van der Waals surface area contributed by atoms with Crippen molar-refractivity contribution in [1.29, 1.82) is 0 Å². The van der Waals surface area contributed by atoms with Crippen LogP contribution in [0.15, 0.2) is 5.16 Å². The van der Waals surface area contributed by atoms with Gasteiger partial charge in [0.2, 0.25) is 0 Å². The molecule has 0 saturated heterocycles. The van der Waals surface area contributed by atoms with Gasteiger partial charge in [-0.25, -0.2) is 0 Å².